The highest BCUT2D eigenvalue weighted by molar-refractivity contribution is 5.93. The van der Waals surface area contributed by atoms with E-state index in [4.69, 9.17) is 5.11 Å². The maximum Gasteiger partial charge on any atom is 0.322 e. The number of aryl methyl sites for hydroxylation is 2. The van der Waals surface area contributed by atoms with Gasteiger partial charge in [-0.05, 0) is 31.1 Å². The summed E-state index contributed by atoms with van der Waals surface area (Å²) in [6.45, 7) is 3.60. The first-order valence-electron chi connectivity index (χ1n) is 5.24. The monoisotopic (exact) mass is 233 g/mol. The van der Waals surface area contributed by atoms with Crippen LogP contribution in [0.1, 0.15) is 16.7 Å². The summed E-state index contributed by atoms with van der Waals surface area (Å²) in [5.41, 5.74) is 3.18. The van der Waals surface area contributed by atoms with E-state index >= 15 is 0 Å². The van der Waals surface area contributed by atoms with Gasteiger partial charge in [-0.3, -0.25) is 9.59 Å². The van der Waals surface area contributed by atoms with Gasteiger partial charge in [0.05, 0.1) is 0 Å². The van der Waals surface area contributed by atoms with Crippen LogP contribution < -0.4 is 5.32 Å². The van der Waals surface area contributed by atoms with E-state index in [1.807, 2.05) is 32.0 Å². The summed E-state index contributed by atoms with van der Waals surface area (Å²) < 4.78 is 0. The number of carboxylic acids is 1. The number of nitrogens with one attached hydrogen (secondary N) is 1. The minimum absolute atomic E-state index is 0.365. The van der Waals surface area contributed by atoms with E-state index in [1.54, 1.807) is 6.08 Å². The molecule has 90 valence electrons. The molecule has 4 nitrogen and oxygen atoms in total. The Morgan fingerprint density at radius 2 is 2.06 bits per heavy atom. The Morgan fingerprint density at radius 3 is 2.65 bits per heavy atom. The number of benzene rings is 1. The quantitative estimate of drug-likeness (QED) is 0.775. The van der Waals surface area contributed by atoms with Crippen LogP contribution in [-0.2, 0) is 9.59 Å². The summed E-state index contributed by atoms with van der Waals surface area (Å²) >= 11 is 0. The molecule has 1 aromatic carbocycles. The van der Waals surface area contributed by atoms with Gasteiger partial charge in [0.25, 0.3) is 0 Å². The van der Waals surface area contributed by atoms with E-state index in [9.17, 15) is 9.59 Å². The van der Waals surface area contributed by atoms with Crippen LogP contribution in [0.3, 0.4) is 0 Å². The molecule has 0 aromatic heterocycles. The molecule has 0 bridgehead atoms. The maximum absolute atomic E-state index is 11.2. The van der Waals surface area contributed by atoms with Crippen molar-refractivity contribution in [2.24, 2.45) is 0 Å². The van der Waals surface area contributed by atoms with Crippen molar-refractivity contribution in [1.29, 1.82) is 0 Å². The molecule has 0 saturated heterocycles. The van der Waals surface area contributed by atoms with Crippen LogP contribution in [-0.4, -0.2) is 23.5 Å². The first-order chi connectivity index (χ1) is 7.99. The van der Waals surface area contributed by atoms with Crippen LogP contribution in [0.25, 0.3) is 6.08 Å². The van der Waals surface area contributed by atoms with Crippen LogP contribution in [0.15, 0.2) is 24.3 Å². The lowest BCUT2D eigenvalue weighted by Gasteiger charge is -2.01. The fourth-order valence-corrected chi connectivity index (χ4v) is 1.40. The number of carbonyl (C=O) groups excluding carboxylic acids is 1. The van der Waals surface area contributed by atoms with Crippen molar-refractivity contribution in [3.63, 3.8) is 0 Å². The van der Waals surface area contributed by atoms with E-state index < -0.39 is 11.9 Å². The van der Waals surface area contributed by atoms with Crippen LogP contribution in [0.4, 0.5) is 0 Å². The minimum atomic E-state index is -1.06. The first kappa shape index (κ1) is 13.0. The second-order valence-electron chi connectivity index (χ2n) is 3.80. The number of aliphatic carboxylic acids is 1. The molecule has 0 unspecified atom stereocenters. The summed E-state index contributed by atoms with van der Waals surface area (Å²) in [5, 5.41) is 10.6. The Bertz CT molecular complexity index is 464. The van der Waals surface area contributed by atoms with Crippen LogP contribution >= 0.6 is 0 Å². The second kappa shape index (κ2) is 5.84. The predicted octanol–water partition coefficient (Wildman–Crippen LogP) is 1.52. The molecular weight excluding hydrogens is 218 g/mol. The summed E-state index contributed by atoms with van der Waals surface area (Å²) in [7, 11) is 0. The molecule has 0 radical (unpaired) electrons. The van der Waals surface area contributed by atoms with Gasteiger partial charge in [0.2, 0.25) is 5.91 Å². The average Bonchev–Trinajstić information content (AvgIpc) is 2.25. The fourth-order valence-electron chi connectivity index (χ4n) is 1.40. The number of hydrogen-bond donors (Lipinski definition) is 2. The number of carbonyl (C=O) groups is 2. The van der Waals surface area contributed by atoms with Crippen LogP contribution in [0.5, 0.6) is 0 Å². The number of hydrogen-bond acceptors (Lipinski definition) is 2. The van der Waals surface area contributed by atoms with Crippen molar-refractivity contribution in [2.75, 3.05) is 6.54 Å². The zero-order valence-electron chi connectivity index (χ0n) is 9.86. The van der Waals surface area contributed by atoms with Crippen molar-refractivity contribution in [1.82, 2.24) is 5.32 Å². The third-order valence-corrected chi connectivity index (χ3v) is 2.25. The topological polar surface area (TPSA) is 66.4 Å². The van der Waals surface area contributed by atoms with E-state index in [1.165, 1.54) is 6.08 Å². The van der Waals surface area contributed by atoms with E-state index in [0.717, 1.165) is 16.7 Å². The lowest BCUT2D eigenvalue weighted by Crippen LogP contribution is -2.27. The van der Waals surface area contributed by atoms with Gasteiger partial charge in [0.15, 0.2) is 0 Å². The summed E-state index contributed by atoms with van der Waals surface area (Å²) in [4.78, 5) is 21.5. The number of amides is 1. The summed E-state index contributed by atoms with van der Waals surface area (Å²) in [5.74, 6) is -1.47. The molecule has 17 heavy (non-hydrogen) atoms. The maximum atomic E-state index is 11.2. The Hall–Kier alpha value is -2.10. The van der Waals surface area contributed by atoms with Gasteiger partial charge in [0, 0.05) is 6.08 Å². The number of carboxylic acid groups (broad SMARTS) is 1. The van der Waals surface area contributed by atoms with E-state index in [0.29, 0.717) is 0 Å². The largest absolute Gasteiger partial charge is 0.480 e. The molecule has 0 spiro atoms. The van der Waals surface area contributed by atoms with Gasteiger partial charge in [-0.15, -0.1) is 0 Å². The van der Waals surface area contributed by atoms with Crippen LogP contribution in [0, 0.1) is 13.8 Å². The molecule has 0 aliphatic carbocycles. The lowest BCUT2D eigenvalue weighted by atomic mass is 10.1. The molecule has 1 rings (SSSR count). The molecule has 1 amide bonds. The molecule has 0 aliphatic rings. The molecule has 0 heterocycles. The zero-order chi connectivity index (χ0) is 12.8. The minimum Gasteiger partial charge on any atom is -0.480 e. The van der Waals surface area contributed by atoms with Gasteiger partial charge in [-0.2, -0.15) is 0 Å². The normalized spacial score (nSPS) is 10.5. The van der Waals surface area contributed by atoms with Gasteiger partial charge in [0.1, 0.15) is 6.54 Å². The smallest absolute Gasteiger partial charge is 0.322 e. The van der Waals surface area contributed by atoms with Gasteiger partial charge in [-0.1, -0.05) is 23.8 Å². The van der Waals surface area contributed by atoms with Crippen molar-refractivity contribution < 1.29 is 14.7 Å². The van der Waals surface area contributed by atoms with Crippen molar-refractivity contribution in [2.45, 2.75) is 13.8 Å². The highest BCUT2D eigenvalue weighted by Crippen LogP contribution is 2.11. The van der Waals surface area contributed by atoms with E-state index in [2.05, 4.69) is 5.32 Å². The fraction of sp³-hybridized carbons (Fsp3) is 0.231. The Morgan fingerprint density at radius 1 is 1.35 bits per heavy atom. The standard InChI is InChI=1S/C13H15NO3/c1-9-3-4-11(10(2)7-9)5-6-12(15)14-8-13(16)17/h3-7H,8H2,1-2H3,(H,14,15)(H,16,17)/b6-5+. The van der Waals surface area contributed by atoms with Gasteiger partial charge in [-0.25, -0.2) is 0 Å². The molecule has 4 heteroatoms. The number of rotatable bonds is 4. The Balaban J connectivity index is 2.64. The van der Waals surface area contributed by atoms with E-state index in [-0.39, 0.29) is 6.54 Å². The Labute approximate surface area is 100.0 Å². The second-order valence-corrected chi connectivity index (χ2v) is 3.80. The van der Waals surface area contributed by atoms with Crippen molar-refractivity contribution in [3.05, 3.63) is 41.0 Å². The third-order valence-electron chi connectivity index (χ3n) is 2.25. The Kier molecular flexibility index (Phi) is 4.46. The molecule has 0 saturated carbocycles. The van der Waals surface area contributed by atoms with Gasteiger partial charge >= 0.3 is 5.97 Å². The first-order valence-corrected chi connectivity index (χ1v) is 5.24. The highest BCUT2D eigenvalue weighted by atomic mass is 16.4. The third kappa shape index (κ3) is 4.51. The van der Waals surface area contributed by atoms with Crippen molar-refractivity contribution in [3.8, 4) is 0 Å². The summed E-state index contributed by atoms with van der Waals surface area (Å²) in [6.07, 6.45) is 3.01. The molecule has 2 N–H and O–H groups in total. The summed E-state index contributed by atoms with van der Waals surface area (Å²) in [6, 6.07) is 5.91. The predicted molar refractivity (Wildman–Crippen MR) is 65.6 cm³/mol. The zero-order valence-corrected chi connectivity index (χ0v) is 9.86. The van der Waals surface area contributed by atoms with Crippen LogP contribution in [0.2, 0.25) is 0 Å². The molecule has 1 aromatic rings. The average molecular weight is 233 g/mol. The highest BCUT2D eigenvalue weighted by Gasteiger charge is 2.00. The molecule has 0 aliphatic heterocycles. The SMILES string of the molecule is Cc1ccc(/C=C/C(=O)NCC(=O)O)c(C)c1. The van der Waals surface area contributed by atoms with Gasteiger partial charge < -0.3 is 10.4 Å². The molecular formula is C13H15NO3. The van der Waals surface area contributed by atoms with Crippen molar-refractivity contribution >= 4 is 18.0 Å². The lowest BCUT2D eigenvalue weighted by molar-refractivity contribution is -0.137. The molecule has 0 fully saturated rings. The molecule has 0 atom stereocenters.